The van der Waals surface area contributed by atoms with Crippen LogP contribution in [-0.4, -0.2) is 57.0 Å². The largest absolute Gasteiger partial charge is 0.464 e. The maximum atomic E-state index is 13.0. The van der Waals surface area contributed by atoms with Gasteiger partial charge in [-0.1, -0.05) is 0 Å². The molecule has 1 amide bonds. The third-order valence-corrected chi connectivity index (χ3v) is 5.54. The molecule has 0 atom stereocenters. The van der Waals surface area contributed by atoms with E-state index >= 15 is 0 Å². The summed E-state index contributed by atoms with van der Waals surface area (Å²) >= 11 is 0.964. The molecule has 0 saturated carbocycles. The average Bonchev–Trinajstić information content (AvgIpc) is 2.93. The second kappa shape index (κ2) is 8.83. The molecule has 172 valence electrons. The van der Waals surface area contributed by atoms with E-state index in [0.29, 0.717) is 10.4 Å². The predicted molar refractivity (Wildman–Crippen MR) is 110 cm³/mol. The van der Waals surface area contributed by atoms with E-state index in [-0.39, 0.29) is 27.9 Å². The van der Waals surface area contributed by atoms with Gasteiger partial charge in [0.1, 0.15) is 11.4 Å². The van der Waals surface area contributed by atoms with Crippen molar-refractivity contribution in [2.24, 2.45) is 5.10 Å². The molecule has 2 heterocycles. The van der Waals surface area contributed by atoms with Gasteiger partial charge < -0.3 is 9.84 Å². The van der Waals surface area contributed by atoms with Gasteiger partial charge in [-0.05, 0) is 33.3 Å². The van der Waals surface area contributed by atoms with Crippen LogP contribution in [-0.2, 0) is 17.8 Å². The molecule has 0 saturated heterocycles. The van der Waals surface area contributed by atoms with E-state index in [9.17, 15) is 32.7 Å². The molecular formula is C18H23F3N4O5S. The number of rotatable bonds is 6. The highest BCUT2D eigenvalue weighted by molar-refractivity contribution is 7.20. The van der Waals surface area contributed by atoms with Crippen molar-refractivity contribution in [2.45, 2.75) is 52.5 Å². The molecule has 0 aromatic carbocycles. The van der Waals surface area contributed by atoms with Crippen LogP contribution >= 0.6 is 11.3 Å². The second-order valence-electron chi connectivity index (χ2n) is 7.71. The van der Waals surface area contributed by atoms with Crippen LogP contribution in [0.15, 0.2) is 14.7 Å². The molecule has 0 unspecified atom stereocenters. The van der Waals surface area contributed by atoms with Crippen molar-refractivity contribution in [3.05, 3.63) is 31.3 Å². The predicted octanol–water partition coefficient (Wildman–Crippen LogP) is 2.85. The van der Waals surface area contributed by atoms with Gasteiger partial charge in [-0.2, -0.15) is 23.3 Å². The number of carboxylic acid groups (broad SMARTS) is 1. The summed E-state index contributed by atoms with van der Waals surface area (Å²) in [5.41, 5.74) is -2.72. The SMILES string of the molecule is COCCn1c(=O)n(CC(F)(F)F)c(=O)c2c(C)c(C=NN(C(=O)O)C(C)(C)C)sc21. The highest BCUT2D eigenvalue weighted by Crippen LogP contribution is 2.27. The van der Waals surface area contributed by atoms with Gasteiger partial charge in [0.05, 0.1) is 35.2 Å². The third-order valence-electron chi connectivity index (χ3n) is 4.29. The fraction of sp³-hybridized carbons (Fsp3) is 0.556. The number of halogens is 3. The van der Waals surface area contributed by atoms with Gasteiger partial charge in [0.25, 0.3) is 5.56 Å². The lowest BCUT2D eigenvalue weighted by molar-refractivity contribution is -0.141. The number of hydrogen-bond donors (Lipinski definition) is 1. The lowest BCUT2D eigenvalue weighted by atomic mass is 10.1. The zero-order valence-electron chi connectivity index (χ0n) is 17.6. The fourth-order valence-corrected chi connectivity index (χ4v) is 4.04. The summed E-state index contributed by atoms with van der Waals surface area (Å²) in [4.78, 5) is 37.4. The summed E-state index contributed by atoms with van der Waals surface area (Å²) in [6, 6.07) is 0. The van der Waals surface area contributed by atoms with Crippen molar-refractivity contribution in [1.82, 2.24) is 14.1 Å². The molecule has 2 aromatic rings. The molecule has 9 nitrogen and oxygen atoms in total. The fourth-order valence-electron chi connectivity index (χ4n) is 2.85. The number of thiophene rings is 1. The highest BCUT2D eigenvalue weighted by atomic mass is 32.1. The topological polar surface area (TPSA) is 106 Å². The average molecular weight is 464 g/mol. The van der Waals surface area contributed by atoms with E-state index in [4.69, 9.17) is 4.74 Å². The van der Waals surface area contributed by atoms with Crippen molar-refractivity contribution in [2.75, 3.05) is 13.7 Å². The van der Waals surface area contributed by atoms with E-state index in [1.54, 1.807) is 20.8 Å². The minimum atomic E-state index is -4.77. The number of hydrazone groups is 1. The number of nitrogens with zero attached hydrogens (tertiary/aromatic N) is 4. The first kappa shape index (κ1) is 24.6. The van der Waals surface area contributed by atoms with Gasteiger partial charge >= 0.3 is 18.0 Å². The van der Waals surface area contributed by atoms with Crippen LogP contribution in [0.5, 0.6) is 0 Å². The smallest absolute Gasteiger partial charge is 0.428 e. The van der Waals surface area contributed by atoms with Crippen LogP contribution in [0.2, 0.25) is 0 Å². The first-order valence-electron chi connectivity index (χ1n) is 9.08. The zero-order chi connectivity index (χ0) is 23.7. The van der Waals surface area contributed by atoms with Gasteiger partial charge in [-0.15, -0.1) is 11.3 Å². The van der Waals surface area contributed by atoms with E-state index in [0.717, 1.165) is 20.9 Å². The molecule has 0 spiro atoms. The molecule has 2 aromatic heterocycles. The minimum absolute atomic E-state index is 0.0381. The number of ether oxygens (including phenoxy) is 1. The van der Waals surface area contributed by atoms with Crippen LogP contribution in [0, 0.1) is 6.92 Å². The van der Waals surface area contributed by atoms with E-state index in [1.807, 2.05) is 0 Å². The number of aromatic nitrogens is 2. The summed E-state index contributed by atoms with van der Waals surface area (Å²) in [6.07, 6.45) is -4.84. The van der Waals surface area contributed by atoms with Crippen molar-refractivity contribution in [1.29, 1.82) is 0 Å². The summed E-state index contributed by atoms with van der Waals surface area (Å²) < 4.78 is 45.1. The Balaban J connectivity index is 2.76. The minimum Gasteiger partial charge on any atom is -0.464 e. The lowest BCUT2D eigenvalue weighted by Gasteiger charge is -2.27. The Hall–Kier alpha value is -2.67. The standard InChI is InChI=1S/C18H23F3N4O5S/c1-10-11(8-22-25(16(28)29)17(2,3)4)31-14-12(10)13(26)24(9-18(19,20)21)15(27)23(14)6-7-30-5/h8H,6-7,9H2,1-5H3,(H,28,29). The molecule has 0 aliphatic carbocycles. The van der Waals surface area contributed by atoms with Crippen LogP contribution in [0.4, 0.5) is 18.0 Å². The third kappa shape index (κ3) is 5.34. The summed E-state index contributed by atoms with van der Waals surface area (Å²) in [5.74, 6) is 0. The lowest BCUT2D eigenvalue weighted by Crippen LogP contribution is -2.43. The van der Waals surface area contributed by atoms with Crippen LogP contribution < -0.4 is 11.2 Å². The number of alkyl halides is 3. The molecular weight excluding hydrogens is 441 g/mol. The quantitative estimate of drug-likeness (QED) is 0.523. The zero-order valence-corrected chi connectivity index (χ0v) is 18.4. The summed E-state index contributed by atoms with van der Waals surface area (Å²) in [5, 5.41) is 14.1. The van der Waals surface area contributed by atoms with E-state index in [1.165, 1.54) is 20.2 Å². The molecule has 0 fully saturated rings. The van der Waals surface area contributed by atoms with Crippen molar-refractivity contribution in [3.63, 3.8) is 0 Å². The van der Waals surface area contributed by atoms with Crippen LogP contribution in [0.1, 0.15) is 31.2 Å². The summed E-state index contributed by atoms with van der Waals surface area (Å²) in [7, 11) is 1.37. The molecule has 31 heavy (non-hydrogen) atoms. The summed E-state index contributed by atoms with van der Waals surface area (Å²) in [6.45, 7) is 4.66. The first-order chi connectivity index (χ1) is 14.2. The maximum Gasteiger partial charge on any atom is 0.428 e. The van der Waals surface area contributed by atoms with Crippen molar-refractivity contribution >= 4 is 33.9 Å². The van der Waals surface area contributed by atoms with Crippen LogP contribution in [0.25, 0.3) is 10.2 Å². The number of fused-ring (bicyclic) bond motifs is 1. The molecule has 2 rings (SSSR count). The Morgan fingerprint density at radius 3 is 2.35 bits per heavy atom. The van der Waals surface area contributed by atoms with Gasteiger partial charge in [0.2, 0.25) is 0 Å². The Labute approximate surface area is 179 Å². The van der Waals surface area contributed by atoms with Crippen molar-refractivity contribution in [3.8, 4) is 0 Å². The highest BCUT2D eigenvalue weighted by Gasteiger charge is 2.32. The molecule has 0 bridgehead atoms. The number of methoxy groups -OCH3 is 1. The molecule has 0 radical (unpaired) electrons. The van der Waals surface area contributed by atoms with E-state index in [2.05, 4.69) is 5.10 Å². The van der Waals surface area contributed by atoms with E-state index < -0.39 is 35.6 Å². The number of amides is 1. The number of carbonyl (C=O) groups is 1. The van der Waals surface area contributed by atoms with Crippen molar-refractivity contribution < 1.29 is 27.8 Å². The second-order valence-corrected chi connectivity index (χ2v) is 8.75. The Morgan fingerprint density at radius 1 is 1.26 bits per heavy atom. The van der Waals surface area contributed by atoms with Crippen LogP contribution in [0.3, 0.4) is 0 Å². The first-order valence-corrected chi connectivity index (χ1v) is 9.90. The van der Waals surface area contributed by atoms with Gasteiger partial charge in [-0.25, -0.2) is 9.59 Å². The van der Waals surface area contributed by atoms with Gasteiger partial charge in [0.15, 0.2) is 0 Å². The van der Waals surface area contributed by atoms with Gasteiger partial charge in [-0.3, -0.25) is 13.9 Å². The Morgan fingerprint density at radius 2 is 1.87 bits per heavy atom. The Bertz CT molecular complexity index is 1120. The number of aryl methyl sites for hydroxylation is 1. The maximum absolute atomic E-state index is 13.0. The monoisotopic (exact) mass is 464 g/mol. The molecule has 0 aliphatic rings. The molecule has 13 heteroatoms. The molecule has 0 aliphatic heterocycles. The number of hydrogen-bond acceptors (Lipinski definition) is 6. The normalized spacial score (nSPS) is 12.8. The Kier molecular flexibility index (Phi) is 7.00. The van der Waals surface area contributed by atoms with Gasteiger partial charge in [0, 0.05) is 7.11 Å². The molecule has 1 N–H and O–H groups in total.